The van der Waals surface area contributed by atoms with Crippen molar-refractivity contribution < 1.29 is 5.11 Å². The first kappa shape index (κ1) is 40.8. The van der Waals surface area contributed by atoms with Crippen molar-refractivity contribution in [1.29, 1.82) is 0 Å². The Labute approximate surface area is 357 Å². The van der Waals surface area contributed by atoms with E-state index in [0.29, 0.717) is 0 Å². The fourth-order valence-electron chi connectivity index (χ4n) is 8.48. The maximum atomic E-state index is 12.2. The molecular weight excluding hydrogens is 731 g/mol. The molecule has 0 spiro atoms. The van der Waals surface area contributed by atoms with E-state index >= 15 is 0 Å². The first-order valence-electron chi connectivity index (χ1n) is 21.3. The number of rotatable bonds is 5. The molecule has 0 fully saturated rings. The lowest BCUT2D eigenvalue weighted by molar-refractivity contribution is 0.449. The second-order valence-electron chi connectivity index (χ2n) is 20.6. The number of hydrogen-bond acceptors (Lipinski definition) is 3. The van der Waals surface area contributed by atoms with Crippen LogP contribution in [0.15, 0.2) is 134 Å². The van der Waals surface area contributed by atoms with Crippen LogP contribution in [-0.4, -0.2) is 19.6 Å². The van der Waals surface area contributed by atoms with Crippen molar-refractivity contribution in [2.75, 3.05) is 0 Å². The molecule has 2 heterocycles. The Morgan fingerprint density at radius 3 is 1.73 bits per heavy atom. The zero-order valence-electron chi connectivity index (χ0n) is 37.5. The number of nitrogens with zero attached hydrogens (tertiary/aromatic N) is 3. The van der Waals surface area contributed by atoms with Gasteiger partial charge in [-0.3, -0.25) is 9.55 Å². The number of aromatic nitrogens is 3. The normalized spacial score (nSPS) is 12.7. The van der Waals surface area contributed by atoms with Crippen LogP contribution in [0, 0.1) is 0 Å². The molecule has 0 radical (unpaired) electrons. The molecule has 0 atom stereocenters. The van der Waals surface area contributed by atoms with Crippen LogP contribution in [0.25, 0.3) is 72.4 Å². The Kier molecular flexibility index (Phi) is 9.93. The SMILES string of the molecule is CC(C)(C)c1ccc(-n2c(-c3cccc(-c4cc(C(C)(C)C)cc5c(C(C)(C)C)ccnc45)c3)nc3c(-c4cc(-c5ccccc5)cc(C(C)(C)C)c4O)cccc32)cc1. The van der Waals surface area contributed by atoms with Crippen molar-refractivity contribution in [3.8, 4) is 56.2 Å². The molecule has 1 N–H and O–H groups in total. The zero-order chi connectivity index (χ0) is 42.9. The standard InChI is InChI=1S/C56H59N3O/c1-53(2,3)39-24-26-41(27-25-39)59-48-23-17-22-42(44-31-38(35-18-14-13-15-19-35)32-47(51(44)60)56(10,11)12)50(48)58-52(59)37-21-16-20-36(30-37)43-33-40(54(4,5)6)34-45-46(55(7,8)9)28-29-57-49(43)45/h13-34,60H,1-12H3. The summed E-state index contributed by atoms with van der Waals surface area (Å²) in [7, 11) is 0. The molecule has 0 amide bonds. The molecule has 6 aromatic carbocycles. The van der Waals surface area contributed by atoms with Crippen LogP contribution in [-0.2, 0) is 21.7 Å². The van der Waals surface area contributed by atoms with Gasteiger partial charge in [0.2, 0.25) is 0 Å². The first-order valence-corrected chi connectivity index (χ1v) is 21.3. The lowest BCUT2D eigenvalue weighted by Gasteiger charge is -2.25. The quantitative estimate of drug-likeness (QED) is 0.189. The lowest BCUT2D eigenvalue weighted by Crippen LogP contribution is -2.15. The van der Waals surface area contributed by atoms with E-state index in [1.165, 1.54) is 22.1 Å². The number of aromatic hydroxyl groups is 1. The number of phenols is 1. The highest BCUT2D eigenvalue weighted by Gasteiger charge is 2.27. The number of para-hydroxylation sites is 1. The van der Waals surface area contributed by atoms with Gasteiger partial charge in [-0.2, -0.15) is 0 Å². The third kappa shape index (κ3) is 7.53. The molecule has 0 saturated heterocycles. The van der Waals surface area contributed by atoms with Crippen molar-refractivity contribution in [2.24, 2.45) is 0 Å². The summed E-state index contributed by atoms with van der Waals surface area (Å²) >= 11 is 0. The van der Waals surface area contributed by atoms with Gasteiger partial charge in [0, 0.05) is 45.1 Å². The van der Waals surface area contributed by atoms with E-state index in [2.05, 4.69) is 209 Å². The van der Waals surface area contributed by atoms with Gasteiger partial charge in [-0.1, -0.05) is 156 Å². The van der Waals surface area contributed by atoms with Gasteiger partial charge in [0.05, 0.1) is 16.6 Å². The number of phenolic OH excluding ortho intramolecular Hbond substituents is 1. The summed E-state index contributed by atoms with van der Waals surface area (Å²) in [5, 5.41) is 13.4. The summed E-state index contributed by atoms with van der Waals surface area (Å²) in [6, 6.07) is 45.6. The molecule has 0 aliphatic rings. The van der Waals surface area contributed by atoms with E-state index in [1.54, 1.807) is 0 Å². The van der Waals surface area contributed by atoms with E-state index in [0.717, 1.165) is 72.6 Å². The number of imidazole rings is 1. The van der Waals surface area contributed by atoms with Gasteiger partial charge in [-0.05, 0) is 110 Å². The third-order valence-corrected chi connectivity index (χ3v) is 11.9. The van der Waals surface area contributed by atoms with E-state index < -0.39 is 0 Å². The summed E-state index contributed by atoms with van der Waals surface area (Å²) in [6.45, 7) is 26.9. The summed E-state index contributed by atoms with van der Waals surface area (Å²) in [5.74, 6) is 1.12. The monoisotopic (exact) mass is 789 g/mol. The molecule has 0 aliphatic carbocycles. The molecule has 0 bridgehead atoms. The first-order chi connectivity index (χ1) is 28.2. The second kappa shape index (κ2) is 14.6. The van der Waals surface area contributed by atoms with Crippen LogP contribution >= 0.6 is 0 Å². The van der Waals surface area contributed by atoms with E-state index in [1.807, 2.05) is 12.3 Å². The van der Waals surface area contributed by atoms with Crippen molar-refractivity contribution in [3.63, 3.8) is 0 Å². The second-order valence-corrected chi connectivity index (χ2v) is 20.6. The summed E-state index contributed by atoms with van der Waals surface area (Å²) in [4.78, 5) is 10.6. The van der Waals surface area contributed by atoms with Gasteiger partial charge in [-0.15, -0.1) is 0 Å². The Bertz CT molecular complexity index is 2890. The number of hydrogen-bond donors (Lipinski definition) is 1. The molecule has 60 heavy (non-hydrogen) atoms. The number of benzene rings is 6. The topological polar surface area (TPSA) is 50.9 Å². The number of fused-ring (bicyclic) bond motifs is 2. The van der Waals surface area contributed by atoms with Crippen molar-refractivity contribution >= 4 is 21.9 Å². The van der Waals surface area contributed by atoms with Crippen LogP contribution in [0.2, 0.25) is 0 Å². The lowest BCUT2D eigenvalue weighted by atomic mass is 9.80. The molecular formula is C56H59N3O. The molecule has 304 valence electrons. The maximum Gasteiger partial charge on any atom is 0.145 e. The highest BCUT2D eigenvalue weighted by Crippen LogP contribution is 2.45. The van der Waals surface area contributed by atoms with Gasteiger partial charge in [0.1, 0.15) is 11.6 Å². The molecule has 8 aromatic rings. The summed E-state index contributed by atoms with van der Waals surface area (Å²) in [6.07, 6.45) is 1.96. The fraction of sp³-hybridized carbons (Fsp3) is 0.286. The molecule has 8 rings (SSSR count). The summed E-state index contributed by atoms with van der Waals surface area (Å²) < 4.78 is 2.28. The Morgan fingerprint density at radius 2 is 1.08 bits per heavy atom. The van der Waals surface area contributed by atoms with E-state index in [-0.39, 0.29) is 27.4 Å². The Balaban J connectivity index is 1.41. The van der Waals surface area contributed by atoms with Crippen molar-refractivity contribution in [1.82, 2.24) is 14.5 Å². The van der Waals surface area contributed by atoms with E-state index in [4.69, 9.17) is 9.97 Å². The molecule has 0 unspecified atom stereocenters. The van der Waals surface area contributed by atoms with Crippen molar-refractivity contribution in [2.45, 2.75) is 105 Å². The molecule has 0 saturated carbocycles. The van der Waals surface area contributed by atoms with Gasteiger partial charge >= 0.3 is 0 Å². The third-order valence-electron chi connectivity index (χ3n) is 11.9. The summed E-state index contributed by atoms with van der Waals surface area (Å²) in [5.41, 5.74) is 15.2. The molecule has 4 nitrogen and oxygen atoms in total. The van der Waals surface area contributed by atoms with Crippen LogP contribution in [0.5, 0.6) is 5.75 Å². The molecule has 2 aromatic heterocycles. The predicted octanol–water partition coefficient (Wildman–Crippen LogP) is 15.1. The molecule has 0 aliphatic heterocycles. The predicted molar refractivity (Wildman–Crippen MR) is 255 cm³/mol. The van der Waals surface area contributed by atoms with Gasteiger partial charge < -0.3 is 5.11 Å². The largest absolute Gasteiger partial charge is 0.507 e. The van der Waals surface area contributed by atoms with Crippen molar-refractivity contribution in [3.05, 3.63) is 156 Å². The minimum Gasteiger partial charge on any atom is -0.507 e. The Hall–Kier alpha value is -6.00. The van der Waals surface area contributed by atoms with Crippen LogP contribution in [0.1, 0.15) is 105 Å². The van der Waals surface area contributed by atoms with Crippen LogP contribution in [0.4, 0.5) is 0 Å². The number of pyridine rings is 1. The Morgan fingerprint density at radius 1 is 0.450 bits per heavy atom. The maximum absolute atomic E-state index is 12.2. The average Bonchev–Trinajstić information content (AvgIpc) is 3.59. The smallest absolute Gasteiger partial charge is 0.145 e. The van der Waals surface area contributed by atoms with Gasteiger partial charge in [-0.25, -0.2) is 4.98 Å². The van der Waals surface area contributed by atoms with Gasteiger partial charge in [0.25, 0.3) is 0 Å². The molecule has 4 heteroatoms. The van der Waals surface area contributed by atoms with Gasteiger partial charge in [0.15, 0.2) is 0 Å². The highest BCUT2D eigenvalue weighted by atomic mass is 16.3. The van der Waals surface area contributed by atoms with Crippen LogP contribution < -0.4 is 0 Å². The zero-order valence-corrected chi connectivity index (χ0v) is 37.5. The minimum absolute atomic E-state index is 0.0111. The van der Waals surface area contributed by atoms with E-state index in [9.17, 15) is 5.11 Å². The van der Waals surface area contributed by atoms with Crippen LogP contribution in [0.3, 0.4) is 0 Å². The fourth-order valence-corrected chi connectivity index (χ4v) is 8.48. The highest BCUT2D eigenvalue weighted by molar-refractivity contribution is 6.00. The minimum atomic E-state index is -0.297. The average molecular weight is 790 g/mol.